The second kappa shape index (κ2) is 4.66. The van der Waals surface area contributed by atoms with Crippen LogP contribution >= 0.6 is 0 Å². The van der Waals surface area contributed by atoms with Crippen molar-refractivity contribution in [3.05, 3.63) is 54.1 Å². The van der Waals surface area contributed by atoms with Gasteiger partial charge in [-0.05, 0) is 41.3 Å². The molecule has 16 heavy (non-hydrogen) atoms. The maximum absolute atomic E-state index is 3.98. The first-order valence-corrected chi connectivity index (χ1v) is 7.30. The standard InChI is InChI=1S/C15H18Si/c1-11(2)13-5-6-14-9-12(7-8-16)3-4-15(14)10-13/h3-6,9-10H,1,7-8H2,2,16H3. The molecule has 0 N–H and O–H groups in total. The van der Waals surface area contributed by atoms with Crippen LogP contribution in [0.5, 0.6) is 0 Å². The molecule has 2 rings (SSSR count). The molecule has 0 amide bonds. The molecule has 0 aliphatic rings. The van der Waals surface area contributed by atoms with Crippen molar-refractivity contribution in [2.24, 2.45) is 0 Å². The van der Waals surface area contributed by atoms with Gasteiger partial charge in [-0.2, -0.15) is 0 Å². The van der Waals surface area contributed by atoms with E-state index in [9.17, 15) is 0 Å². The lowest BCUT2D eigenvalue weighted by Gasteiger charge is -2.05. The van der Waals surface area contributed by atoms with Crippen molar-refractivity contribution in [1.29, 1.82) is 0 Å². The molecule has 0 unspecified atom stereocenters. The van der Waals surface area contributed by atoms with E-state index in [-0.39, 0.29) is 0 Å². The van der Waals surface area contributed by atoms with Gasteiger partial charge >= 0.3 is 0 Å². The quantitative estimate of drug-likeness (QED) is 0.705. The molecular formula is C15H18Si. The van der Waals surface area contributed by atoms with Crippen molar-refractivity contribution < 1.29 is 0 Å². The van der Waals surface area contributed by atoms with Gasteiger partial charge in [0, 0.05) is 10.2 Å². The van der Waals surface area contributed by atoms with Crippen molar-refractivity contribution in [1.82, 2.24) is 0 Å². The van der Waals surface area contributed by atoms with E-state index < -0.39 is 0 Å². The molecule has 0 aromatic heterocycles. The Morgan fingerprint density at radius 1 is 1.12 bits per heavy atom. The van der Waals surface area contributed by atoms with Crippen LogP contribution in [0.15, 0.2) is 43.0 Å². The summed E-state index contributed by atoms with van der Waals surface area (Å²) in [6, 6.07) is 14.7. The molecule has 0 atom stereocenters. The summed E-state index contributed by atoms with van der Waals surface area (Å²) in [5.74, 6) is 0. The first-order chi connectivity index (χ1) is 7.70. The van der Waals surface area contributed by atoms with Gasteiger partial charge in [0.05, 0.1) is 0 Å². The van der Waals surface area contributed by atoms with Crippen LogP contribution in [0.3, 0.4) is 0 Å². The molecule has 2 aromatic carbocycles. The smallest absolute Gasteiger partial charge is 0.00321 e. The van der Waals surface area contributed by atoms with Crippen LogP contribution in [-0.2, 0) is 6.42 Å². The van der Waals surface area contributed by atoms with Crippen LogP contribution in [0.25, 0.3) is 16.3 Å². The van der Waals surface area contributed by atoms with E-state index >= 15 is 0 Å². The number of hydrogen-bond acceptors (Lipinski definition) is 0. The third-order valence-corrected chi connectivity index (χ3v) is 3.44. The zero-order valence-corrected chi connectivity index (χ0v) is 12.1. The van der Waals surface area contributed by atoms with Gasteiger partial charge in [0.2, 0.25) is 0 Å². The molecule has 0 heterocycles. The Bertz CT molecular complexity index is 526. The van der Waals surface area contributed by atoms with E-state index in [2.05, 4.69) is 49.9 Å². The number of aryl methyl sites for hydroxylation is 1. The summed E-state index contributed by atoms with van der Waals surface area (Å²) in [5.41, 5.74) is 3.83. The minimum absolute atomic E-state index is 1.13. The molecule has 0 fully saturated rings. The third-order valence-electron chi connectivity index (χ3n) is 2.94. The van der Waals surface area contributed by atoms with Gasteiger partial charge in [-0.15, -0.1) is 0 Å². The fourth-order valence-corrected chi connectivity index (χ4v) is 2.58. The Balaban J connectivity index is 2.48. The molecule has 0 radical (unpaired) electrons. The molecule has 1 heteroatoms. The van der Waals surface area contributed by atoms with Crippen LogP contribution in [0, 0.1) is 0 Å². The predicted molar refractivity (Wildman–Crippen MR) is 77.1 cm³/mol. The first kappa shape index (κ1) is 11.2. The van der Waals surface area contributed by atoms with Crippen molar-refractivity contribution in [3.8, 4) is 0 Å². The van der Waals surface area contributed by atoms with Gasteiger partial charge < -0.3 is 0 Å². The summed E-state index contributed by atoms with van der Waals surface area (Å²) in [6.45, 7) is 6.04. The van der Waals surface area contributed by atoms with E-state index in [4.69, 9.17) is 0 Å². The predicted octanol–water partition coefficient (Wildman–Crippen LogP) is 3.20. The second-order valence-corrected chi connectivity index (χ2v) is 5.43. The summed E-state index contributed by atoms with van der Waals surface area (Å²) in [6.07, 6.45) is 1.23. The van der Waals surface area contributed by atoms with Gasteiger partial charge in [0.15, 0.2) is 0 Å². The molecule has 82 valence electrons. The van der Waals surface area contributed by atoms with Gasteiger partial charge in [-0.3, -0.25) is 0 Å². The Labute approximate surface area is 100 Å². The van der Waals surface area contributed by atoms with Crippen molar-refractivity contribution in [3.63, 3.8) is 0 Å². The Kier molecular flexibility index (Phi) is 3.25. The number of benzene rings is 2. The van der Waals surface area contributed by atoms with Crippen molar-refractivity contribution in [2.45, 2.75) is 19.4 Å². The molecule has 0 aliphatic heterocycles. The van der Waals surface area contributed by atoms with Crippen LogP contribution in [0.4, 0.5) is 0 Å². The summed E-state index contributed by atoms with van der Waals surface area (Å²) in [4.78, 5) is 0. The van der Waals surface area contributed by atoms with Crippen molar-refractivity contribution in [2.75, 3.05) is 0 Å². The maximum atomic E-state index is 3.98. The molecule has 0 bridgehead atoms. The summed E-state index contributed by atoms with van der Waals surface area (Å²) < 4.78 is 0. The van der Waals surface area contributed by atoms with Crippen LogP contribution in [-0.4, -0.2) is 10.2 Å². The van der Waals surface area contributed by atoms with E-state index in [0.29, 0.717) is 0 Å². The molecular weight excluding hydrogens is 208 g/mol. The zero-order chi connectivity index (χ0) is 11.5. The second-order valence-electron chi connectivity index (χ2n) is 4.43. The molecule has 0 spiro atoms. The monoisotopic (exact) mass is 226 g/mol. The lowest BCUT2D eigenvalue weighted by atomic mass is 10.0. The van der Waals surface area contributed by atoms with Crippen LogP contribution in [0.1, 0.15) is 18.1 Å². The van der Waals surface area contributed by atoms with E-state index in [1.807, 2.05) is 0 Å². The fourth-order valence-electron chi connectivity index (χ4n) is 2.00. The fraction of sp³-hybridized carbons (Fsp3) is 0.200. The lowest BCUT2D eigenvalue weighted by Crippen LogP contribution is -1.85. The largest absolute Gasteiger partial charge is 0.0955 e. The molecule has 0 saturated carbocycles. The van der Waals surface area contributed by atoms with E-state index in [1.54, 1.807) is 0 Å². The first-order valence-electron chi connectivity index (χ1n) is 5.89. The molecule has 0 nitrogen and oxygen atoms in total. The number of fused-ring (bicyclic) bond motifs is 1. The normalized spacial score (nSPS) is 10.8. The Hall–Kier alpha value is -1.34. The van der Waals surface area contributed by atoms with E-state index in [0.717, 1.165) is 5.57 Å². The number of hydrogen-bond donors (Lipinski definition) is 0. The maximum Gasteiger partial charge on any atom is 0.00321 e. The van der Waals surface area contributed by atoms with Crippen LogP contribution < -0.4 is 0 Å². The highest BCUT2D eigenvalue weighted by molar-refractivity contribution is 6.08. The number of rotatable bonds is 3. The Morgan fingerprint density at radius 2 is 1.81 bits per heavy atom. The van der Waals surface area contributed by atoms with Gasteiger partial charge in [-0.25, -0.2) is 0 Å². The topological polar surface area (TPSA) is 0 Å². The van der Waals surface area contributed by atoms with Gasteiger partial charge in [0.1, 0.15) is 0 Å². The highest BCUT2D eigenvalue weighted by Crippen LogP contribution is 2.21. The average molecular weight is 226 g/mol. The lowest BCUT2D eigenvalue weighted by molar-refractivity contribution is 1.14. The average Bonchev–Trinajstić information content (AvgIpc) is 2.28. The molecule has 0 aliphatic carbocycles. The molecule has 0 saturated heterocycles. The minimum atomic E-state index is 1.13. The highest BCUT2D eigenvalue weighted by atomic mass is 28.1. The van der Waals surface area contributed by atoms with Gasteiger partial charge in [-0.1, -0.05) is 48.5 Å². The summed E-state index contributed by atoms with van der Waals surface area (Å²) in [7, 11) is 1.29. The van der Waals surface area contributed by atoms with Crippen LogP contribution in [0.2, 0.25) is 6.04 Å². The van der Waals surface area contributed by atoms with Gasteiger partial charge in [0.25, 0.3) is 0 Å². The zero-order valence-electron chi connectivity index (χ0n) is 10.1. The van der Waals surface area contributed by atoms with Crippen molar-refractivity contribution >= 4 is 26.6 Å². The number of allylic oxidation sites excluding steroid dienone is 1. The minimum Gasteiger partial charge on any atom is -0.0955 e. The third kappa shape index (κ3) is 2.25. The van der Waals surface area contributed by atoms with E-state index in [1.165, 1.54) is 44.6 Å². The Morgan fingerprint density at radius 3 is 2.50 bits per heavy atom. The summed E-state index contributed by atoms with van der Waals surface area (Å²) >= 11 is 0. The molecule has 2 aromatic rings. The summed E-state index contributed by atoms with van der Waals surface area (Å²) in [5, 5.41) is 2.66. The SMILES string of the molecule is C=C(C)c1ccc2cc(CC[SiH3])ccc2c1. The highest BCUT2D eigenvalue weighted by Gasteiger charge is 1.98.